The van der Waals surface area contributed by atoms with Crippen LogP contribution in [0.5, 0.6) is 0 Å². The monoisotopic (exact) mass is 759 g/mol. The quantitative estimate of drug-likeness (QED) is 0.244. The van der Waals surface area contributed by atoms with Crippen molar-refractivity contribution >= 4 is 49.8 Å². The number of benzene rings is 1. The summed E-state index contributed by atoms with van der Waals surface area (Å²) in [5.41, 5.74) is 4.08. The second kappa shape index (κ2) is 23.9. The van der Waals surface area contributed by atoms with Gasteiger partial charge in [-0.2, -0.15) is 0 Å². The maximum Gasteiger partial charge on any atom is 3.00 e. The van der Waals surface area contributed by atoms with Gasteiger partial charge in [0.1, 0.15) is 0 Å². The van der Waals surface area contributed by atoms with Crippen LogP contribution in [0.25, 0.3) is 14.3 Å². The second-order valence-corrected chi connectivity index (χ2v) is 28.1. The summed E-state index contributed by atoms with van der Waals surface area (Å²) in [5, 5.41) is 0. The predicted molar refractivity (Wildman–Crippen MR) is 183 cm³/mol. The van der Waals surface area contributed by atoms with Crippen molar-refractivity contribution in [3.05, 3.63) is 43.6 Å². The predicted octanol–water partition coefficient (Wildman–Crippen LogP) is 9.22. The molecule has 2 rings (SSSR count). The standard InChI is InChI=1S/C15H26NSi.2C4H14NSi2.C4H8O.Lu/c1-11(2)13-9-8-10-14(12(3)4)15(13)16-17(5,6)7;2*1-6(2)5-7(3)4;1-2-4-5-3-1;/h8-12H,1-7H3;2*6-7H,1-4H3;1-4H2;/q3*-1;;+3. The van der Waals surface area contributed by atoms with E-state index >= 15 is 0 Å². The van der Waals surface area contributed by atoms with Gasteiger partial charge in [-0.15, -0.1) is 5.69 Å². The number of rotatable bonds is 8. The molecule has 0 aromatic heterocycles. The van der Waals surface area contributed by atoms with Gasteiger partial charge >= 0.3 is 36.9 Å². The Morgan fingerprint density at radius 1 is 0.676 bits per heavy atom. The Labute approximate surface area is 270 Å². The van der Waals surface area contributed by atoms with Gasteiger partial charge in [-0.25, -0.2) is 0 Å². The average molecular weight is 760 g/mol. The Balaban J connectivity index is -0.000000478. The molecule has 0 spiro atoms. The molecule has 1 aliphatic heterocycles. The molecule has 10 heteroatoms. The number of nitrogens with zero attached hydrogens (tertiary/aromatic N) is 3. The first-order valence-electron chi connectivity index (χ1n) is 14.3. The van der Waals surface area contributed by atoms with Crippen molar-refractivity contribution < 1.29 is 41.6 Å². The Morgan fingerprint density at radius 2 is 1.00 bits per heavy atom. The number of hydrogen-bond donors (Lipinski definition) is 0. The first-order chi connectivity index (χ1) is 16.5. The van der Waals surface area contributed by atoms with Crippen molar-refractivity contribution in [1.82, 2.24) is 0 Å². The van der Waals surface area contributed by atoms with Gasteiger partial charge in [0.2, 0.25) is 0 Å². The van der Waals surface area contributed by atoms with E-state index in [1.165, 1.54) is 29.7 Å². The van der Waals surface area contributed by atoms with E-state index < -0.39 is 44.1 Å². The van der Waals surface area contributed by atoms with E-state index in [-0.39, 0.29) is 36.9 Å². The molecule has 1 saturated heterocycles. The third kappa shape index (κ3) is 27.2. The minimum absolute atomic E-state index is 0. The van der Waals surface area contributed by atoms with Crippen molar-refractivity contribution in [1.29, 1.82) is 0 Å². The molecular weight excluding hydrogens is 698 g/mol. The van der Waals surface area contributed by atoms with Crippen LogP contribution in [-0.2, 0) is 4.74 Å². The molecule has 1 aliphatic rings. The Bertz CT molecular complexity index is 606. The summed E-state index contributed by atoms with van der Waals surface area (Å²) < 4.78 is 14.1. The fourth-order valence-corrected chi connectivity index (χ4v) is 14.1. The van der Waals surface area contributed by atoms with E-state index in [0.29, 0.717) is 11.8 Å². The summed E-state index contributed by atoms with van der Waals surface area (Å²) >= 11 is 0. The van der Waals surface area contributed by atoms with Crippen LogP contribution < -0.4 is 0 Å². The van der Waals surface area contributed by atoms with Crippen LogP contribution in [0.2, 0.25) is 72.0 Å². The molecular formula is C27H62LuN3OSi5. The second-order valence-electron chi connectivity index (χ2n) is 12.4. The van der Waals surface area contributed by atoms with Crippen LogP contribution in [0.15, 0.2) is 18.2 Å². The van der Waals surface area contributed by atoms with Gasteiger partial charge in [0.05, 0.1) is 0 Å². The topological polar surface area (TPSA) is 51.5 Å². The number of hydrogen-bond acceptors (Lipinski definition) is 1. The first-order valence-corrected chi connectivity index (χ1v) is 29.1. The molecule has 4 nitrogen and oxygen atoms in total. The molecule has 0 amide bonds. The van der Waals surface area contributed by atoms with E-state index in [1.54, 1.807) is 0 Å². The molecule has 0 unspecified atom stereocenters. The van der Waals surface area contributed by atoms with Crippen LogP contribution in [0, 0.1) is 36.9 Å². The summed E-state index contributed by atoms with van der Waals surface area (Å²) in [6, 6.07) is 6.64. The maximum atomic E-state index is 5.07. The van der Waals surface area contributed by atoms with Gasteiger partial charge in [0, 0.05) is 13.2 Å². The number of ether oxygens (including phenoxy) is 1. The van der Waals surface area contributed by atoms with Crippen molar-refractivity contribution in [2.75, 3.05) is 13.2 Å². The van der Waals surface area contributed by atoms with Crippen LogP contribution in [0.4, 0.5) is 5.69 Å². The van der Waals surface area contributed by atoms with E-state index in [1.807, 2.05) is 0 Å². The van der Waals surface area contributed by atoms with Crippen molar-refractivity contribution in [3.8, 4) is 0 Å². The van der Waals surface area contributed by atoms with E-state index in [0.717, 1.165) is 13.2 Å². The molecule has 0 saturated carbocycles. The maximum absolute atomic E-state index is 5.07. The van der Waals surface area contributed by atoms with Gasteiger partial charge < -0.3 is 19.0 Å². The Kier molecular flexibility index (Phi) is 27.5. The smallest absolute Gasteiger partial charge is 0.687 e. The van der Waals surface area contributed by atoms with E-state index in [2.05, 4.69) is 127 Å². The molecule has 0 N–H and O–H groups in total. The summed E-state index contributed by atoms with van der Waals surface area (Å²) in [6.45, 7) is 36.1. The fourth-order valence-electron chi connectivity index (χ4n) is 3.68. The van der Waals surface area contributed by atoms with Gasteiger partial charge in [-0.3, -0.25) is 0 Å². The SMILES string of the molecule is C1CCOC1.CC(C)c1cccc(C(C)C)c1[N-][Si](C)(C)C.C[SiH](C)[N-][SiH](C)C.C[SiH](C)[N-][SiH](C)C.[Lu+3]. The Hall–Kier alpha value is 1.22. The largest absolute Gasteiger partial charge is 3.00 e. The van der Waals surface area contributed by atoms with Crippen LogP contribution >= 0.6 is 0 Å². The first kappa shape index (κ1) is 42.7. The summed E-state index contributed by atoms with van der Waals surface area (Å²) in [5.74, 6) is 1.09. The van der Waals surface area contributed by atoms with Crippen molar-refractivity contribution in [2.24, 2.45) is 0 Å². The zero-order valence-electron chi connectivity index (χ0n) is 27.0. The van der Waals surface area contributed by atoms with Crippen molar-refractivity contribution in [2.45, 2.75) is 124 Å². The van der Waals surface area contributed by atoms with Gasteiger partial charge in [-0.1, -0.05) is 165 Å². The van der Waals surface area contributed by atoms with Crippen LogP contribution in [0.3, 0.4) is 0 Å². The molecule has 0 radical (unpaired) electrons. The molecule has 0 atom stereocenters. The third-order valence-electron chi connectivity index (χ3n) is 4.81. The Morgan fingerprint density at radius 3 is 1.16 bits per heavy atom. The van der Waals surface area contributed by atoms with Gasteiger partial charge in [0.25, 0.3) is 0 Å². The molecule has 1 heterocycles. The van der Waals surface area contributed by atoms with Gasteiger partial charge in [-0.05, 0) is 32.9 Å². The zero-order valence-corrected chi connectivity index (χ0v) is 34.3. The molecule has 0 aliphatic carbocycles. The third-order valence-corrected chi connectivity index (χ3v) is 15.2. The summed E-state index contributed by atoms with van der Waals surface area (Å²) in [4.78, 5) is 5.07. The van der Waals surface area contributed by atoms with E-state index in [4.69, 9.17) is 9.72 Å². The van der Waals surface area contributed by atoms with Crippen molar-refractivity contribution in [3.63, 3.8) is 0 Å². The van der Waals surface area contributed by atoms with Crippen LogP contribution in [-0.4, -0.2) is 57.3 Å². The van der Waals surface area contributed by atoms with Gasteiger partial charge in [0.15, 0.2) is 0 Å². The molecule has 1 aromatic rings. The zero-order chi connectivity index (χ0) is 28.5. The fraction of sp³-hybridized carbons (Fsp3) is 0.778. The molecule has 0 bridgehead atoms. The van der Waals surface area contributed by atoms with E-state index in [9.17, 15) is 0 Å². The average Bonchev–Trinajstić information content (AvgIpc) is 3.25. The van der Waals surface area contributed by atoms with Crippen LogP contribution in [0.1, 0.15) is 63.5 Å². The molecule has 1 aromatic carbocycles. The summed E-state index contributed by atoms with van der Waals surface area (Å²) in [6.07, 6.45) is 2.56. The molecule has 37 heavy (non-hydrogen) atoms. The molecule has 1 fully saturated rings. The molecule has 226 valence electrons. The minimum Gasteiger partial charge on any atom is -0.687 e. The summed E-state index contributed by atoms with van der Waals surface area (Å²) in [7, 11) is -3.59. The normalized spacial score (nSPS) is 13.1. The minimum atomic E-state index is -1.43.